The van der Waals surface area contributed by atoms with E-state index in [-0.39, 0.29) is 17.9 Å². The first kappa shape index (κ1) is 13.8. The van der Waals surface area contributed by atoms with Gasteiger partial charge in [0.2, 0.25) is 0 Å². The predicted octanol–water partition coefficient (Wildman–Crippen LogP) is 2.60. The van der Waals surface area contributed by atoms with E-state index < -0.39 is 17.4 Å². The van der Waals surface area contributed by atoms with Crippen molar-refractivity contribution >= 4 is 5.97 Å². The molecule has 104 valence electrons. The number of rotatable bonds is 4. The van der Waals surface area contributed by atoms with Crippen LogP contribution in [0, 0.1) is 5.82 Å². The first-order valence-electron chi connectivity index (χ1n) is 6.38. The summed E-state index contributed by atoms with van der Waals surface area (Å²) in [6, 6.07) is 3.49. The maximum atomic E-state index is 13.6. The Kier molecular flexibility index (Phi) is 4.04. The second kappa shape index (κ2) is 5.57. The first-order chi connectivity index (χ1) is 9.00. The van der Waals surface area contributed by atoms with Crippen molar-refractivity contribution in [1.82, 2.24) is 0 Å². The fourth-order valence-corrected chi connectivity index (χ4v) is 2.32. The maximum Gasteiger partial charge on any atom is 0.335 e. The van der Waals surface area contributed by atoms with Crippen LogP contribution < -0.4 is 4.74 Å². The van der Waals surface area contributed by atoms with Crippen molar-refractivity contribution in [3.8, 4) is 5.75 Å². The Morgan fingerprint density at radius 1 is 1.32 bits per heavy atom. The number of aliphatic hydroxyl groups is 1. The van der Waals surface area contributed by atoms with Crippen molar-refractivity contribution in [3.05, 3.63) is 29.6 Å². The Bertz CT molecular complexity index is 467. The highest BCUT2D eigenvalue weighted by Gasteiger charge is 2.30. The topological polar surface area (TPSA) is 66.8 Å². The summed E-state index contributed by atoms with van der Waals surface area (Å²) in [7, 11) is 0. The van der Waals surface area contributed by atoms with Gasteiger partial charge in [0.25, 0.3) is 0 Å². The van der Waals surface area contributed by atoms with Gasteiger partial charge in [-0.1, -0.05) is 19.3 Å². The molecule has 1 aliphatic rings. The standard InChI is InChI=1S/C14H17FO4/c15-11-8-10(13(16)17)4-5-12(11)19-9-14(18)6-2-1-3-7-14/h4-5,8,18H,1-3,6-7,9H2,(H,16,17). The molecule has 0 bridgehead atoms. The number of halogens is 1. The molecule has 1 aliphatic carbocycles. The molecule has 0 radical (unpaired) electrons. The van der Waals surface area contributed by atoms with E-state index in [9.17, 15) is 14.3 Å². The Morgan fingerprint density at radius 3 is 2.58 bits per heavy atom. The molecule has 0 heterocycles. The Balaban J connectivity index is 2.01. The van der Waals surface area contributed by atoms with Crippen LogP contribution in [0.3, 0.4) is 0 Å². The van der Waals surface area contributed by atoms with Crippen LogP contribution in [0.5, 0.6) is 5.75 Å². The van der Waals surface area contributed by atoms with Gasteiger partial charge in [0.15, 0.2) is 11.6 Å². The van der Waals surface area contributed by atoms with Crippen LogP contribution in [0.1, 0.15) is 42.5 Å². The van der Waals surface area contributed by atoms with Crippen molar-refractivity contribution in [2.45, 2.75) is 37.7 Å². The number of carbonyl (C=O) groups is 1. The molecule has 0 aliphatic heterocycles. The number of carboxylic acids is 1. The molecule has 1 aromatic carbocycles. The largest absolute Gasteiger partial charge is 0.488 e. The third-order valence-corrected chi connectivity index (χ3v) is 3.46. The van der Waals surface area contributed by atoms with E-state index in [0.717, 1.165) is 25.3 Å². The van der Waals surface area contributed by atoms with Crippen LogP contribution in [-0.4, -0.2) is 28.4 Å². The van der Waals surface area contributed by atoms with E-state index in [4.69, 9.17) is 9.84 Å². The minimum atomic E-state index is -1.18. The summed E-state index contributed by atoms with van der Waals surface area (Å²) in [5.41, 5.74) is -1.02. The summed E-state index contributed by atoms with van der Waals surface area (Å²) in [5.74, 6) is -1.93. The molecule has 0 amide bonds. The van der Waals surface area contributed by atoms with Crippen LogP contribution in [0.15, 0.2) is 18.2 Å². The zero-order chi connectivity index (χ0) is 13.9. The van der Waals surface area contributed by atoms with E-state index in [0.29, 0.717) is 12.8 Å². The van der Waals surface area contributed by atoms with Gasteiger partial charge in [0.1, 0.15) is 6.61 Å². The quantitative estimate of drug-likeness (QED) is 0.880. The van der Waals surface area contributed by atoms with Gasteiger partial charge in [-0.3, -0.25) is 0 Å². The van der Waals surface area contributed by atoms with Gasteiger partial charge in [-0.25, -0.2) is 9.18 Å². The monoisotopic (exact) mass is 268 g/mol. The summed E-state index contributed by atoms with van der Waals surface area (Å²) in [6.07, 6.45) is 4.30. The van der Waals surface area contributed by atoms with Gasteiger partial charge >= 0.3 is 5.97 Å². The molecule has 19 heavy (non-hydrogen) atoms. The SMILES string of the molecule is O=C(O)c1ccc(OCC2(O)CCCCC2)c(F)c1. The molecule has 0 saturated heterocycles. The second-order valence-corrected chi connectivity index (χ2v) is 5.02. The summed E-state index contributed by atoms with van der Waals surface area (Å²) in [4.78, 5) is 10.7. The summed E-state index contributed by atoms with van der Waals surface area (Å²) < 4.78 is 18.9. The van der Waals surface area contributed by atoms with Crippen LogP contribution >= 0.6 is 0 Å². The van der Waals surface area contributed by atoms with Crippen molar-refractivity contribution in [2.24, 2.45) is 0 Å². The molecule has 4 nitrogen and oxygen atoms in total. The first-order valence-corrected chi connectivity index (χ1v) is 6.38. The fourth-order valence-electron chi connectivity index (χ4n) is 2.32. The van der Waals surface area contributed by atoms with E-state index in [2.05, 4.69) is 0 Å². The lowest BCUT2D eigenvalue weighted by Crippen LogP contribution is -2.38. The molecule has 1 aromatic rings. The van der Waals surface area contributed by atoms with Gasteiger partial charge in [-0.15, -0.1) is 0 Å². The van der Waals surface area contributed by atoms with Crippen molar-refractivity contribution in [1.29, 1.82) is 0 Å². The fraction of sp³-hybridized carbons (Fsp3) is 0.500. The molecule has 1 fully saturated rings. The van der Waals surface area contributed by atoms with Crippen molar-refractivity contribution in [2.75, 3.05) is 6.61 Å². The number of aromatic carboxylic acids is 1. The summed E-state index contributed by atoms with van der Waals surface area (Å²) >= 11 is 0. The highest BCUT2D eigenvalue weighted by molar-refractivity contribution is 5.87. The molecular formula is C14H17FO4. The van der Waals surface area contributed by atoms with Crippen LogP contribution in [-0.2, 0) is 0 Å². The van der Waals surface area contributed by atoms with Crippen LogP contribution in [0.4, 0.5) is 4.39 Å². The van der Waals surface area contributed by atoms with E-state index >= 15 is 0 Å². The van der Waals surface area contributed by atoms with Gasteiger partial charge in [0.05, 0.1) is 11.2 Å². The number of hydrogen-bond donors (Lipinski definition) is 2. The summed E-state index contributed by atoms with van der Waals surface area (Å²) in [5, 5.41) is 19.0. The lowest BCUT2D eigenvalue weighted by Gasteiger charge is -2.31. The van der Waals surface area contributed by atoms with Crippen LogP contribution in [0.2, 0.25) is 0 Å². The Morgan fingerprint density at radius 2 is 2.00 bits per heavy atom. The van der Waals surface area contributed by atoms with E-state index in [1.807, 2.05) is 0 Å². The smallest absolute Gasteiger partial charge is 0.335 e. The highest BCUT2D eigenvalue weighted by atomic mass is 19.1. The summed E-state index contributed by atoms with van der Waals surface area (Å²) in [6.45, 7) is 0.0380. The van der Waals surface area contributed by atoms with Gasteiger partial charge in [-0.2, -0.15) is 0 Å². The predicted molar refractivity (Wildman–Crippen MR) is 66.9 cm³/mol. The second-order valence-electron chi connectivity index (χ2n) is 5.02. The lowest BCUT2D eigenvalue weighted by molar-refractivity contribution is -0.0347. The molecular weight excluding hydrogens is 251 g/mol. The molecule has 0 spiro atoms. The van der Waals surface area contributed by atoms with Gasteiger partial charge in [0, 0.05) is 0 Å². The molecule has 0 unspecified atom stereocenters. The van der Waals surface area contributed by atoms with E-state index in [1.165, 1.54) is 12.1 Å². The highest BCUT2D eigenvalue weighted by Crippen LogP contribution is 2.29. The number of benzene rings is 1. The van der Waals surface area contributed by atoms with Crippen molar-refractivity contribution < 1.29 is 24.1 Å². The zero-order valence-corrected chi connectivity index (χ0v) is 10.6. The van der Waals surface area contributed by atoms with Crippen LogP contribution in [0.25, 0.3) is 0 Å². The Hall–Kier alpha value is -1.62. The average molecular weight is 268 g/mol. The average Bonchev–Trinajstić information content (AvgIpc) is 2.38. The van der Waals surface area contributed by atoms with Gasteiger partial charge < -0.3 is 14.9 Å². The molecule has 5 heteroatoms. The number of carboxylic acid groups (broad SMARTS) is 1. The molecule has 0 atom stereocenters. The normalized spacial score (nSPS) is 18.0. The van der Waals surface area contributed by atoms with E-state index in [1.54, 1.807) is 0 Å². The lowest BCUT2D eigenvalue weighted by atomic mass is 9.85. The number of ether oxygens (including phenoxy) is 1. The zero-order valence-electron chi connectivity index (χ0n) is 10.6. The minimum absolute atomic E-state index is 0.0241. The molecule has 2 rings (SSSR count). The van der Waals surface area contributed by atoms with Gasteiger partial charge in [-0.05, 0) is 31.0 Å². The molecule has 0 aromatic heterocycles. The third kappa shape index (κ3) is 3.44. The van der Waals surface area contributed by atoms with Crippen molar-refractivity contribution in [3.63, 3.8) is 0 Å². The third-order valence-electron chi connectivity index (χ3n) is 3.46. The number of hydrogen-bond acceptors (Lipinski definition) is 3. The Labute approximate surface area is 110 Å². The molecule has 2 N–H and O–H groups in total. The molecule has 1 saturated carbocycles. The maximum absolute atomic E-state index is 13.6. The minimum Gasteiger partial charge on any atom is -0.488 e.